The van der Waals surface area contributed by atoms with E-state index in [1.807, 2.05) is 6.92 Å². The number of hydrogen-bond acceptors (Lipinski definition) is 4. The lowest BCUT2D eigenvalue weighted by atomic mass is 9.48. The van der Waals surface area contributed by atoms with Crippen LogP contribution >= 0.6 is 0 Å². The van der Waals surface area contributed by atoms with E-state index in [-0.39, 0.29) is 17.9 Å². The molecule has 1 N–H and O–H groups in total. The summed E-state index contributed by atoms with van der Waals surface area (Å²) >= 11 is 0. The third kappa shape index (κ3) is 3.46. The van der Waals surface area contributed by atoms with Gasteiger partial charge in [0.05, 0.1) is 23.9 Å². The number of fused-ring (bicyclic) bond motifs is 5. The molecule has 0 saturated heterocycles. The Bertz CT molecular complexity index is 899. The molecule has 1 unspecified atom stereocenters. The minimum absolute atomic E-state index is 0.0931. The summed E-state index contributed by atoms with van der Waals surface area (Å²) in [6.07, 6.45) is 12.3. The van der Waals surface area contributed by atoms with Crippen LogP contribution in [0.4, 0.5) is 0 Å². The Kier molecular flexibility index (Phi) is 5.09. The lowest BCUT2D eigenvalue weighted by Crippen LogP contribution is -2.51. The van der Waals surface area contributed by atoms with E-state index in [4.69, 9.17) is 5.26 Å². The van der Waals surface area contributed by atoms with Crippen LogP contribution in [0.5, 0.6) is 0 Å². The summed E-state index contributed by atoms with van der Waals surface area (Å²) in [6.45, 7) is 7.11. The molecule has 31 heavy (non-hydrogen) atoms. The molecule has 0 aromatic carbocycles. The van der Waals surface area contributed by atoms with E-state index >= 15 is 0 Å². The van der Waals surface area contributed by atoms with Gasteiger partial charge in [0.1, 0.15) is 6.07 Å². The standard InChI is InChI=1S/C26H37N3O2/c1-16-10-22(23(30)15-29-14-17(12-27)13-28-29)26(3)9-7-20-19-6-8-25(2,31)11-18(19)4-5-21(20)24(16)26/h13-14,16,18-22,24,31H,4-11,15H2,1-3H3/t16-,18-,19+,20-,21-,22-,24?,25-,26-/m1/s1. The van der Waals surface area contributed by atoms with Crippen LogP contribution in [0.3, 0.4) is 0 Å². The molecule has 0 aliphatic heterocycles. The fourth-order valence-corrected chi connectivity index (χ4v) is 8.90. The van der Waals surface area contributed by atoms with Crippen molar-refractivity contribution in [2.75, 3.05) is 0 Å². The van der Waals surface area contributed by atoms with E-state index < -0.39 is 5.60 Å². The number of rotatable bonds is 3. The van der Waals surface area contributed by atoms with Gasteiger partial charge >= 0.3 is 0 Å². The number of aromatic nitrogens is 2. The predicted octanol–water partition coefficient (Wildman–Crippen LogP) is 4.59. The van der Waals surface area contributed by atoms with Crippen LogP contribution in [0.15, 0.2) is 12.4 Å². The predicted molar refractivity (Wildman–Crippen MR) is 118 cm³/mol. The van der Waals surface area contributed by atoms with Crippen molar-refractivity contribution in [1.29, 1.82) is 5.26 Å². The Hall–Kier alpha value is -1.67. The summed E-state index contributed by atoms with van der Waals surface area (Å²) in [5, 5.41) is 23.9. The molecule has 4 fully saturated rings. The SMILES string of the molecule is C[C@@H]1C[C@H](C(=O)Cn2cc(C#N)cn2)[C@@]2(C)CC[C@@H]3[C@H]4CC[C@@](C)(O)C[C@H]4CC[C@H]3C12. The fraction of sp³-hybridized carbons (Fsp3) is 0.808. The van der Waals surface area contributed by atoms with Gasteiger partial charge in [0.15, 0.2) is 5.78 Å². The summed E-state index contributed by atoms with van der Waals surface area (Å²) in [4.78, 5) is 13.4. The molecular formula is C26H37N3O2. The zero-order chi connectivity index (χ0) is 22.0. The van der Waals surface area contributed by atoms with Gasteiger partial charge < -0.3 is 5.11 Å². The lowest BCUT2D eigenvalue weighted by Gasteiger charge is -2.57. The molecule has 1 aromatic rings. The second kappa shape index (κ2) is 7.44. The summed E-state index contributed by atoms with van der Waals surface area (Å²) in [5.74, 6) is 4.62. The van der Waals surface area contributed by atoms with Gasteiger partial charge in [-0.15, -0.1) is 0 Å². The first-order valence-electron chi connectivity index (χ1n) is 12.4. The van der Waals surface area contributed by atoms with Crippen molar-refractivity contribution in [3.05, 3.63) is 18.0 Å². The molecular weight excluding hydrogens is 386 g/mol. The number of Topliss-reactive ketones (excluding diaryl/α,β-unsaturated/α-hetero) is 1. The highest BCUT2D eigenvalue weighted by Crippen LogP contribution is 2.66. The number of carbonyl (C=O) groups is 1. The van der Waals surface area contributed by atoms with E-state index in [9.17, 15) is 9.90 Å². The molecule has 4 saturated carbocycles. The second-order valence-electron chi connectivity index (χ2n) is 11.9. The van der Waals surface area contributed by atoms with Crippen LogP contribution < -0.4 is 0 Å². The number of aliphatic hydroxyl groups is 1. The zero-order valence-corrected chi connectivity index (χ0v) is 19.3. The maximum atomic E-state index is 13.4. The maximum absolute atomic E-state index is 13.4. The topological polar surface area (TPSA) is 78.9 Å². The molecule has 1 heterocycles. The number of hydrogen-bond donors (Lipinski definition) is 1. The third-order valence-electron chi connectivity index (χ3n) is 10.0. The minimum atomic E-state index is -0.465. The van der Waals surface area contributed by atoms with Gasteiger partial charge in [-0.05, 0) is 99.2 Å². The average molecular weight is 424 g/mol. The molecule has 0 spiro atoms. The molecule has 168 valence electrons. The first-order valence-corrected chi connectivity index (χ1v) is 12.4. The van der Waals surface area contributed by atoms with Gasteiger partial charge in [-0.25, -0.2) is 0 Å². The van der Waals surface area contributed by atoms with Crippen LogP contribution in [-0.2, 0) is 11.3 Å². The van der Waals surface area contributed by atoms with Gasteiger partial charge in [-0.1, -0.05) is 13.8 Å². The number of nitriles is 1. The molecule has 0 bridgehead atoms. The number of nitrogens with zero attached hydrogens (tertiary/aromatic N) is 3. The lowest BCUT2D eigenvalue weighted by molar-refractivity contribution is -0.133. The van der Waals surface area contributed by atoms with Crippen LogP contribution in [0.2, 0.25) is 0 Å². The first kappa shape index (κ1) is 21.2. The highest BCUT2D eigenvalue weighted by Gasteiger charge is 2.60. The first-order chi connectivity index (χ1) is 14.7. The summed E-state index contributed by atoms with van der Waals surface area (Å²) in [5.41, 5.74) is 0.142. The second-order valence-corrected chi connectivity index (χ2v) is 11.9. The molecule has 0 amide bonds. The van der Waals surface area contributed by atoms with Gasteiger partial charge in [0.2, 0.25) is 0 Å². The number of ketones is 1. The van der Waals surface area contributed by atoms with E-state index in [0.29, 0.717) is 29.1 Å². The highest BCUT2D eigenvalue weighted by molar-refractivity contribution is 5.82. The molecule has 9 atom stereocenters. The monoisotopic (exact) mass is 423 g/mol. The van der Waals surface area contributed by atoms with Crippen LogP contribution in [-0.4, -0.2) is 26.3 Å². The van der Waals surface area contributed by atoms with Crippen molar-refractivity contribution in [3.8, 4) is 6.07 Å². The van der Waals surface area contributed by atoms with Gasteiger partial charge in [0.25, 0.3) is 0 Å². The molecule has 4 aliphatic carbocycles. The number of carbonyl (C=O) groups excluding carboxylic acids is 1. The summed E-state index contributed by atoms with van der Waals surface area (Å²) < 4.78 is 1.65. The van der Waals surface area contributed by atoms with Crippen molar-refractivity contribution in [2.24, 2.45) is 46.8 Å². The van der Waals surface area contributed by atoms with E-state index in [1.54, 1.807) is 17.1 Å². The van der Waals surface area contributed by atoms with Crippen LogP contribution in [0, 0.1) is 58.2 Å². The largest absolute Gasteiger partial charge is 0.390 e. The van der Waals surface area contributed by atoms with Crippen molar-refractivity contribution < 1.29 is 9.90 Å². The average Bonchev–Trinajstić information content (AvgIpc) is 3.28. The van der Waals surface area contributed by atoms with Crippen molar-refractivity contribution in [1.82, 2.24) is 9.78 Å². The van der Waals surface area contributed by atoms with Gasteiger partial charge in [0, 0.05) is 12.1 Å². The molecule has 5 nitrogen and oxygen atoms in total. The normalized spacial score (nSPS) is 46.5. The van der Waals surface area contributed by atoms with E-state index in [2.05, 4.69) is 25.0 Å². The smallest absolute Gasteiger partial charge is 0.157 e. The van der Waals surface area contributed by atoms with Gasteiger partial charge in [-0.2, -0.15) is 10.4 Å². The Labute approximate surface area is 186 Å². The summed E-state index contributed by atoms with van der Waals surface area (Å²) in [6, 6.07) is 2.10. The minimum Gasteiger partial charge on any atom is -0.390 e. The Morgan fingerprint density at radius 3 is 2.74 bits per heavy atom. The fourth-order valence-electron chi connectivity index (χ4n) is 8.90. The molecule has 5 rings (SSSR count). The Balaban J connectivity index is 1.34. The molecule has 5 heteroatoms. The van der Waals surface area contributed by atoms with Crippen molar-refractivity contribution in [2.45, 2.75) is 84.3 Å². The summed E-state index contributed by atoms with van der Waals surface area (Å²) in [7, 11) is 0. The van der Waals surface area contributed by atoms with Crippen LogP contribution in [0.1, 0.15) is 77.7 Å². The maximum Gasteiger partial charge on any atom is 0.157 e. The van der Waals surface area contributed by atoms with Gasteiger partial charge in [-0.3, -0.25) is 9.48 Å². The molecule has 4 aliphatic rings. The van der Waals surface area contributed by atoms with E-state index in [1.165, 1.54) is 25.7 Å². The Morgan fingerprint density at radius 2 is 2.00 bits per heavy atom. The third-order valence-corrected chi connectivity index (χ3v) is 10.0. The van der Waals surface area contributed by atoms with E-state index in [0.717, 1.165) is 43.4 Å². The Morgan fingerprint density at radius 1 is 1.23 bits per heavy atom. The quantitative estimate of drug-likeness (QED) is 0.771. The zero-order valence-electron chi connectivity index (χ0n) is 19.3. The van der Waals surface area contributed by atoms with Crippen LogP contribution in [0.25, 0.3) is 0 Å². The highest BCUT2D eigenvalue weighted by atomic mass is 16.3. The molecule has 1 aromatic heterocycles. The molecule has 0 radical (unpaired) electrons. The van der Waals surface area contributed by atoms with Crippen molar-refractivity contribution in [3.63, 3.8) is 0 Å². The van der Waals surface area contributed by atoms with Crippen molar-refractivity contribution >= 4 is 5.78 Å².